The molecule has 4 nitrogen and oxygen atoms in total. The molecule has 2 amide bonds. The fourth-order valence-electron chi connectivity index (χ4n) is 4.81. The van der Waals surface area contributed by atoms with Gasteiger partial charge in [-0.25, -0.2) is 0 Å². The smallest absolute Gasteiger partial charge is 0.243 e. The molecule has 0 spiro atoms. The first-order chi connectivity index (χ1) is 17.9. The van der Waals surface area contributed by atoms with E-state index in [1.807, 2.05) is 42.5 Å². The standard InChI is InChI=1S/C30H31Cl3N2O2/c31-24-14-11-22(12-15-24)20-35(29(36)18-23-13-16-25(32)19-27(23)33)28(17-21-7-3-1-4-8-21)30(37)34-26-9-5-2-6-10-26/h1,3-4,7-8,11-16,19,26,28H,2,5-6,9-10,17-18,20H2,(H,34,37)/t28-/m0/s1. The van der Waals surface area contributed by atoms with Crippen LogP contribution in [0.2, 0.25) is 15.1 Å². The van der Waals surface area contributed by atoms with Gasteiger partial charge >= 0.3 is 0 Å². The predicted molar refractivity (Wildman–Crippen MR) is 151 cm³/mol. The molecule has 3 aromatic carbocycles. The molecule has 4 rings (SSSR count). The van der Waals surface area contributed by atoms with Crippen molar-refractivity contribution < 1.29 is 9.59 Å². The summed E-state index contributed by atoms with van der Waals surface area (Å²) in [5.74, 6) is -0.306. The topological polar surface area (TPSA) is 49.4 Å². The summed E-state index contributed by atoms with van der Waals surface area (Å²) in [6, 6.07) is 21.7. The van der Waals surface area contributed by atoms with Crippen LogP contribution in [0.5, 0.6) is 0 Å². The number of amides is 2. The molecule has 194 valence electrons. The van der Waals surface area contributed by atoms with E-state index in [1.165, 1.54) is 6.42 Å². The van der Waals surface area contributed by atoms with Gasteiger partial charge in [0.2, 0.25) is 11.8 Å². The average Bonchev–Trinajstić information content (AvgIpc) is 2.90. The van der Waals surface area contributed by atoms with Crippen molar-refractivity contribution in [2.24, 2.45) is 0 Å². The van der Waals surface area contributed by atoms with Crippen LogP contribution in [0.3, 0.4) is 0 Å². The minimum absolute atomic E-state index is 0.0611. The second kappa shape index (κ2) is 13.3. The summed E-state index contributed by atoms with van der Waals surface area (Å²) in [6.07, 6.45) is 5.82. The van der Waals surface area contributed by atoms with E-state index in [0.29, 0.717) is 27.1 Å². The molecular formula is C30H31Cl3N2O2. The van der Waals surface area contributed by atoms with E-state index in [1.54, 1.807) is 35.2 Å². The van der Waals surface area contributed by atoms with E-state index in [0.717, 1.165) is 36.8 Å². The Hall–Kier alpha value is -2.53. The van der Waals surface area contributed by atoms with Crippen LogP contribution < -0.4 is 5.32 Å². The van der Waals surface area contributed by atoms with Crippen molar-refractivity contribution in [3.8, 4) is 0 Å². The maximum Gasteiger partial charge on any atom is 0.243 e. The summed E-state index contributed by atoms with van der Waals surface area (Å²) in [5, 5.41) is 4.81. The Morgan fingerprint density at radius 1 is 0.838 bits per heavy atom. The highest BCUT2D eigenvalue weighted by Crippen LogP contribution is 2.24. The Balaban J connectivity index is 1.66. The summed E-state index contributed by atoms with van der Waals surface area (Å²) in [4.78, 5) is 29.4. The molecule has 0 bridgehead atoms. The highest BCUT2D eigenvalue weighted by atomic mass is 35.5. The zero-order valence-corrected chi connectivity index (χ0v) is 22.9. The van der Waals surface area contributed by atoms with Gasteiger partial charge in [0, 0.05) is 34.1 Å². The number of carbonyl (C=O) groups excluding carboxylic acids is 2. The van der Waals surface area contributed by atoms with Crippen LogP contribution in [0, 0.1) is 0 Å². The molecule has 0 unspecified atom stereocenters. The fourth-order valence-corrected chi connectivity index (χ4v) is 5.42. The Labute approximate surface area is 233 Å². The predicted octanol–water partition coefficient (Wildman–Crippen LogP) is 7.28. The lowest BCUT2D eigenvalue weighted by molar-refractivity contribution is -0.141. The van der Waals surface area contributed by atoms with Crippen molar-refractivity contribution >= 4 is 46.6 Å². The van der Waals surface area contributed by atoms with Gasteiger partial charge in [-0.05, 0) is 53.8 Å². The molecule has 0 aliphatic heterocycles. The molecule has 1 aliphatic rings. The van der Waals surface area contributed by atoms with Crippen molar-refractivity contribution in [1.82, 2.24) is 10.2 Å². The van der Waals surface area contributed by atoms with Crippen molar-refractivity contribution in [1.29, 1.82) is 0 Å². The zero-order valence-electron chi connectivity index (χ0n) is 20.6. The average molecular weight is 558 g/mol. The molecule has 37 heavy (non-hydrogen) atoms. The second-order valence-electron chi connectivity index (χ2n) is 9.61. The minimum atomic E-state index is -0.682. The third-order valence-corrected chi connectivity index (χ3v) is 7.68. The number of halogens is 3. The van der Waals surface area contributed by atoms with E-state index in [9.17, 15) is 9.59 Å². The summed E-state index contributed by atoms with van der Waals surface area (Å²) < 4.78 is 0. The molecule has 7 heteroatoms. The highest BCUT2D eigenvalue weighted by molar-refractivity contribution is 6.35. The van der Waals surface area contributed by atoms with Crippen molar-refractivity contribution in [3.63, 3.8) is 0 Å². The highest BCUT2D eigenvalue weighted by Gasteiger charge is 2.32. The van der Waals surface area contributed by atoms with Crippen molar-refractivity contribution in [2.75, 3.05) is 0 Å². The molecule has 1 saturated carbocycles. The van der Waals surface area contributed by atoms with Crippen LogP contribution in [-0.4, -0.2) is 28.8 Å². The van der Waals surface area contributed by atoms with Gasteiger partial charge in [-0.15, -0.1) is 0 Å². The first kappa shape index (κ1) is 27.5. The summed E-state index contributed by atoms with van der Waals surface area (Å²) >= 11 is 18.6. The number of nitrogens with one attached hydrogen (secondary N) is 1. The van der Waals surface area contributed by atoms with Crippen molar-refractivity contribution in [3.05, 3.63) is 105 Å². The van der Waals surface area contributed by atoms with E-state index in [2.05, 4.69) is 5.32 Å². The van der Waals surface area contributed by atoms with Crippen LogP contribution in [0.4, 0.5) is 0 Å². The number of hydrogen-bond donors (Lipinski definition) is 1. The maximum absolute atomic E-state index is 13.9. The number of hydrogen-bond acceptors (Lipinski definition) is 2. The lowest BCUT2D eigenvalue weighted by Gasteiger charge is -2.33. The van der Waals surface area contributed by atoms with E-state index < -0.39 is 6.04 Å². The molecule has 0 saturated heterocycles. The summed E-state index contributed by atoms with van der Waals surface area (Å²) in [6.45, 7) is 0.275. The Kier molecular flexibility index (Phi) is 9.90. The van der Waals surface area contributed by atoms with Gasteiger partial charge < -0.3 is 10.2 Å². The number of carbonyl (C=O) groups is 2. The molecule has 3 aromatic rings. The molecule has 0 radical (unpaired) electrons. The van der Waals surface area contributed by atoms with Gasteiger partial charge in [-0.2, -0.15) is 0 Å². The lowest BCUT2D eigenvalue weighted by Crippen LogP contribution is -2.53. The molecule has 1 fully saturated rings. The fraction of sp³-hybridized carbons (Fsp3) is 0.333. The van der Waals surface area contributed by atoms with E-state index in [4.69, 9.17) is 34.8 Å². The third kappa shape index (κ3) is 7.98. The van der Waals surface area contributed by atoms with Gasteiger partial charge in [-0.3, -0.25) is 9.59 Å². The quantitative estimate of drug-likeness (QED) is 0.301. The Bertz CT molecular complexity index is 1200. The van der Waals surface area contributed by atoms with E-state index in [-0.39, 0.29) is 30.8 Å². The van der Waals surface area contributed by atoms with Gasteiger partial charge in [-0.1, -0.05) is 103 Å². The largest absolute Gasteiger partial charge is 0.352 e. The van der Waals surface area contributed by atoms with Crippen LogP contribution in [0.25, 0.3) is 0 Å². The van der Waals surface area contributed by atoms with Crippen LogP contribution >= 0.6 is 34.8 Å². The molecule has 0 heterocycles. The number of rotatable bonds is 9. The van der Waals surface area contributed by atoms with Gasteiger partial charge in [0.1, 0.15) is 6.04 Å². The Morgan fingerprint density at radius 2 is 1.51 bits per heavy atom. The number of benzene rings is 3. The van der Waals surface area contributed by atoms with Gasteiger partial charge in [0.15, 0.2) is 0 Å². The number of nitrogens with zero attached hydrogens (tertiary/aromatic N) is 1. The SMILES string of the molecule is O=C(NC1CCCCC1)[C@H](Cc1ccccc1)N(Cc1ccc(Cl)cc1)C(=O)Cc1ccc(Cl)cc1Cl. The third-order valence-electron chi connectivity index (χ3n) is 6.85. The molecule has 1 N–H and O–H groups in total. The van der Waals surface area contributed by atoms with Gasteiger partial charge in [0.05, 0.1) is 6.42 Å². The summed E-state index contributed by atoms with van der Waals surface area (Å²) in [7, 11) is 0. The normalized spacial score (nSPS) is 14.7. The lowest BCUT2D eigenvalue weighted by atomic mass is 9.94. The monoisotopic (exact) mass is 556 g/mol. The maximum atomic E-state index is 13.9. The first-order valence-corrected chi connectivity index (χ1v) is 13.8. The first-order valence-electron chi connectivity index (χ1n) is 12.7. The van der Waals surface area contributed by atoms with Crippen LogP contribution in [0.15, 0.2) is 72.8 Å². The molecular weight excluding hydrogens is 527 g/mol. The molecule has 0 aromatic heterocycles. The second-order valence-corrected chi connectivity index (χ2v) is 10.9. The molecule has 1 aliphatic carbocycles. The van der Waals surface area contributed by atoms with Crippen LogP contribution in [-0.2, 0) is 29.0 Å². The minimum Gasteiger partial charge on any atom is -0.352 e. The molecule has 1 atom stereocenters. The Morgan fingerprint density at radius 3 is 2.19 bits per heavy atom. The zero-order chi connectivity index (χ0) is 26.2. The van der Waals surface area contributed by atoms with Crippen molar-refractivity contribution in [2.45, 2.75) is 63.6 Å². The summed E-state index contributed by atoms with van der Waals surface area (Å²) in [5.41, 5.74) is 2.55. The van der Waals surface area contributed by atoms with Crippen LogP contribution in [0.1, 0.15) is 48.8 Å². The van der Waals surface area contributed by atoms with E-state index >= 15 is 0 Å². The van der Waals surface area contributed by atoms with Gasteiger partial charge in [0.25, 0.3) is 0 Å².